The van der Waals surface area contributed by atoms with Crippen molar-refractivity contribution in [2.75, 3.05) is 20.7 Å². The Morgan fingerprint density at radius 2 is 1.32 bits per heavy atom. The van der Waals surface area contributed by atoms with Crippen molar-refractivity contribution in [3.8, 4) is 0 Å². The highest BCUT2D eigenvalue weighted by molar-refractivity contribution is 5.85. The topological polar surface area (TPSA) is 12.5 Å². The molecule has 0 saturated heterocycles. The van der Waals surface area contributed by atoms with Crippen LogP contribution in [-0.2, 0) is 4.74 Å². The number of halogens is 1. The van der Waals surface area contributed by atoms with E-state index in [0.29, 0.717) is 0 Å². The Bertz CT molecular complexity index is 246. The van der Waals surface area contributed by atoms with Crippen LogP contribution in [0, 0.1) is 0 Å². The van der Waals surface area contributed by atoms with E-state index in [0.717, 1.165) is 13.0 Å². The lowest BCUT2D eigenvalue weighted by atomic mass is 10.0. The van der Waals surface area contributed by atoms with E-state index in [2.05, 4.69) is 39.4 Å². The van der Waals surface area contributed by atoms with Crippen LogP contribution in [0.5, 0.6) is 0 Å². The average Bonchev–Trinajstić information content (AvgIpc) is 2.47. The molecule has 22 heavy (non-hydrogen) atoms. The fourth-order valence-corrected chi connectivity index (χ4v) is 2.88. The van der Waals surface area contributed by atoms with Gasteiger partial charge in [0.15, 0.2) is 0 Å². The summed E-state index contributed by atoms with van der Waals surface area (Å²) in [5.74, 6) is 0. The normalized spacial score (nSPS) is 13.7. The second-order valence-electron chi connectivity index (χ2n) is 6.31. The summed E-state index contributed by atoms with van der Waals surface area (Å²) in [5.41, 5.74) is -0.269. The van der Waals surface area contributed by atoms with E-state index in [9.17, 15) is 0 Å². The lowest BCUT2D eigenvalue weighted by molar-refractivity contribution is -0.103. The molecule has 0 fully saturated rings. The molecule has 0 aromatic heterocycles. The maximum Gasteiger partial charge on any atom is 0.140 e. The van der Waals surface area contributed by atoms with E-state index < -0.39 is 0 Å². The van der Waals surface area contributed by atoms with Crippen LogP contribution in [-0.4, -0.2) is 31.3 Å². The molecule has 0 spiro atoms. The molecule has 0 aromatic rings. The van der Waals surface area contributed by atoms with Crippen LogP contribution in [0.1, 0.15) is 84.5 Å². The van der Waals surface area contributed by atoms with Gasteiger partial charge in [-0.2, -0.15) is 0 Å². The van der Waals surface area contributed by atoms with Gasteiger partial charge in [0.05, 0.1) is 0 Å². The highest BCUT2D eigenvalue weighted by atomic mass is 35.5. The molecule has 3 heteroatoms. The van der Waals surface area contributed by atoms with Gasteiger partial charge in [0.2, 0.25) is 0 Å². The first-order valence-corrected chi connectivity index (χ1v) is 9.08. The zero-order valence-corrected chi connectivity index (χ0v) is 16.3. The van der Waals surface area contributed by atoms with Gasteiger partial charge in [-0.1, -0.05) is 71.3 Å². The predicted molar refractivity (Wildman–Crippen MR) is 102 cm³/mol. The van der Waals surface area contributed by atoms with Crippen molar-refractivity contribution in [1.29, 1.82) is 0 Å². The predicted octanol–water partition coefficient (Wildman–Crippen LogP) is 6.20. The summed E-state index contributed by atoms with van der Waals surface area (Å²) in [6, 6.07) is 0. The molecule has 1 unspecified atom stereocenters. The van der Waals surface area contributed by atoms with Crippen LogP contribution in [0.15, 0.2) is 12.7 Å². The Labute approximate surface area is 146 Å². The maximum absolute atomic E-state index is 5.93. The molecule has 0 aromatic carbocycles. The third-order valence-corrected chi connectivity index (χ3v) is 4.36. The number of nitrogens with zero attached hydrogens (tertiary/aromatic N) is 1. The molecule has 134 valence electrons. The van der Waals surface area contributed by atoms with Crippen LogP contribution < -0.4 is 0 Å². The maximum atomic E-state index is 5.93. The van der Waals surface area contributed by atoms with E-state index in [1.54, 1.807) is 0 Å². The largest absolute Gasteiger partial charge is 0.357 e. The zero-order valence-electron chi connectivity index (χ0n) is 15.5. The molecule has 0 aliphatic heterocycles. The van der Waals surface area contributed by atoms with Gasteiger partial charge in [-0.3, -0.25) is 4.90 Å². The first kappa shape index (κ1) is 24.2. The number of hydrogen-bond acceptors (Lipinski definition) is 2. The van der Waals surface area contributed by atoms with Crippen molar-refractivity contribution >= 4 is 12.4 Å². The lowest BCUT2D eigenvalue weighted by Gasteiger charge is -2.37. The van der Waals surface area contributed by atoms with E-state index >= 15 is 0 Å². The van der Waals surface area contributed by atoms with Crippen molar-refractivity contribution in [1.82, 2.24) is 4.90 Å². The molecule has 0 aliphatic carbocycles. The molecule has 0 aliphatic rings. The first-order chi connectivity index (χ1) is 10.1. The Kier molecular flexibility index (Phi) is 17.4. The van der Waals surface area contributed by atoms with Crippen molar-refractivity contribution in [2.45, 2.75) is 90.2 Å². The van der Waals surface area contributed by atoms with E-state index in [1.165, 1.54) is 64.2 Å². The SMILES string of the molecule is C=CC(CCCCCCCCCCCC)(OCC)N(C)C.Cl. The molecule has 0 heterocycles. The number of hydrogen-bond donors (Lipinski definition) is 0. The lowest BCUT2D eigenvalue weighted by Crippen LogP contribution is -2.44. The Morgan fingerprint density at radius 1 is 0.864 bits per heavy atom. The minimum atomic E-state index is -0.269. The summed E-state index contributed by atoms with van der Waals surface area (Å²) in [4.78, 5) is 2.15. The monoisotopic (exact) mass is 333 g/mol. The Hall–Kier alpha value is -0.0500. The summed E-state index contributed by atoms with van der Waals surface area (Å²) < 4.78 is 5.93. The first-order valence-electron chi connectivity index (χ1n) is 9.08. The number of ether oxygens (including phenoxy) is 1. The third-order valence-electron chi connectivity index (χ3n) is 4.36. The van der Waals surface area contributed by atoms with Crippen LogP contribution >= 0.6 is 12.4 Å². The van der Waals surface area contributed by atoms with E-state index in [1.807, 2.05) is 6.08 Å². The van der Waals surface area contributed by atoms with E-state index in [-0.39, 0.29) is 18.1 Å². The van der Waals surface area contributed by atoms with Gasteiger partial charge in [0, 0.05) is 6.61 Å². The Balaban J connectivity index is 0. The van der Waals surface area contributed by atoms with Gasteiger partial charge in [-0.15, -0.1) is 12.4 Å². The highest BCUT2D eigenvalue weighted by Gasteiger charge is 2.28. The summed E-state index contributed by atoms with van der Waals surface area (Å²) >= 11 is 0. The van der Waals surface area contributed by atoms with Gasteiger partial charge < -0.3 is 4.74 Å². The fraction of sp³-hybridized carbons (Fsp3) is 0.895. The minimum absolute atomic E-state index is 0. The molecular formula is C19H40ClNO. The average molecular weight is 334 g/mol. The second kappa shape index (κ2) is 15.8. The molecule has 0 amide bonds. The summed E-state index contributed by atoms with van der Waals surface area (Å²) in [6.45, 7) is 9.04. The van der Waals surface area contributed by atoms with Crippen molar-refractivity contribution in [2.24, 2.45) is 0 Å². The smallest absolute Gasteiger partial charge is 0.140 e. The number of likely N-dealkylation sites (N-methyl/N-ethyl adjacent to an activating group) is 1. The molecule has 2 nitrogen and oxygen atoms in total. The molecule has 0 saturated carbocycles. The molecule has 0 rings (SSSR count). The van der Waals surface area contributed by atoms with Crippen molar-refractivity contribution < 1.29 is 4.74 Å². The van der Waals surface area contributed by atoms with Crippen LogP contribution in [0.2, 0.25) is 0 Å². The minimum Gasteiger partial charge on any atom is -0.357 e. The molecule has 1 atom stereocenters. The highest BCUT2D eigenvalue weighted by Crippen LogP contribution is 2.24. The molecule has 0 bridgehead atoms. The quantitative estimate of drug-likeness (QED) is 0.201. The van der Waals surface area contributed by atoms with Crippen LogP contribution in [0.25, 0.3) is 0 Å². The zero-order chi connectivity index (χ0) is 16.0. The van der Waals surface area contributed by atoms with Crippen molar-refractivity contribution in [3.63, 3.8) is 0 Å². The number of rotatable bonds is 15. The second-order valence-corrected chi connectivity index (χ2v) is 6.31. The van der Waals surface area contributed by atoms with Gasteiger partial charge in [-0.05, 0) is 39.9 Å². The third kappa shape index (κ3) is 10.6. The fourth-order valence-electron chi connectivity index (χ4n) is 2.88. The molecule has 0 radical (unpaired) electrons. The van der Waals surface area contributed by atoms with Crippen molar-refractivity contribution in [3.05, 3.63) is 12.7 Å². The standard InChI is InChI=1S/C19H39NO.ClH/c1-6-9-10-11-12-13-14-15-16-17-18-19(7-2,20(4)5)21-8-3;/h7H,2,6,8-18H2,1,3-5H3;1H. The van der Waals surface area contributed by atoms with Crippen LogP contribution in [0.4, 0.5) is 0 Å². The summed E-state index contributed by atoms with van der Waals surface area (Å²) in [7, 11) is 4.15. The summed E-state index contributed by atoms with van der Waals surface area (Å²) in [5, 5.41) is 0. The molecule has 0 N–H and O–H groups in total. The number of unbranched alkanes of at least 4 members (excludes halogenated alkanes) is 9. The Morgan fingerprint density at radius 3 is 1.68 bits per heavy atom. The van der Waals surface area contributed by atoms with Gasteiger partial charge in [0.25, 0.3) is 0 Å². The summed E-state index contributed by atoms with van der Waals surface area (Å²) in [6.07, 6.45) is 16.7. The van der Waals surface area contributed by atoms with Gasteiger partial charge in [-0.25, -0.2) is 0 Å². The van der Waals surface area contributed by atoms with E-state index in [4.69, 9.17) is 4.74 Å². The van der Waals surface area contributed by atoms with Gasteiger partial charge >= 0.3 is 0 Å². The van der Waals surface area contributed by atoms with Crippen LogP contribution in [0.3, 0.4) is 0 Å². The van der Waals surface area contributed by atoms with Gasteiger partial charge in [0.1, 0.15) is 5.72 Å². The molecular weight excluding hydrogens is 294 g/mol.